The third-order valence-corrected chi connectivity index (χ3v) is 3.75. The zero-order chi connectivity index (χ0) is 16.4. The molecule has 1 unspecified atom stereocenters. The van der Waals surface area contributed by atoms with Crippen LogP contribution in [0.4, 0.5) is 8.78 Å². The van der Waals surface area contributed by atoms with E-state index < -0.39 is 18.4 Å². The number of carbonyl (C=O) groups excluding carboxylic acids is 1. The molecule has 0 aromatic carbocycles. The van der Waals surface area contributed by atoms with E-state index in [-0.39, 0.29) is 29.6 Å². The molecule has 124 valence electrons. The van der Waals surface area contributed by atoms with Crippen molar-refractivity contribution >= 4 is 5.91 Å². The number of rotatable bonds is 7. The van der Waals surface area contributed by atoms with Crippen molar-refractivity contribution in [2.45, 2.75) is 45.8 Å². The molecule has 1 N–H and O–H groups in total. The van der Waals surface area contributed by atoms with Crippen LogP contribution in [0, 0.1) is 11.8 Å². The summed E-state index contributed by atoms with van der Waals surface area (Å²) >= 11 is 0. The Morgan fingerprint density at radius 3 is 2.64 bits per heavy atom. The van der Waals surface area contributed by atoms with Gasteiger partial charge in [0.1, 0.15) is 0 Å². The molecule has 1 aromatic rings. The first-order valence-electron chi connectivity index (χ1n) is 7.58. The topological polar surface area (TPSA) is 58.4 Å². The Morgan fingerprint density at radius 2 is 2.14 bits per heavy atom. The molecule has 1 fully saturated rings. The first kappa shape index (κ1) is 16.9. The molecule has 7 heteroatoms. The van der Waals surface area contributed by atoms with Crippen molar-refractivity contribution < 1.29 is 18.7 Å². The third-order valence-electron chi connectivity index (χ3n) is 3.75. The highest BCUT2D eigenvalue weighted by molar-refractivity contribution is 5.93. The summed E-state index contributed by atoms with van der Waals surface area (Å²) in [5, 5.41) is 13.9. The van der Waals surface area contributed by atoms with Gasteiger partial charge in [-0.15, -0.1) is 0 Å². The first-order chi connectivity index (χ1) is 10.3. The van der Waals surface area contributed by atoms with Crippen molar-refractivity contribution in [2.24, 2.45) is 11.8 Å². The Kier molecular flexibility index (Phi) is 5.16. The fourth-order valence-corrected chi connectivity index (χ4v) is 2.40. The average molecular weight is 315 g/mol. The second-order valence-corrected chi connectivity index (χ2v) is 6.44. The van der Waals surface area contributed by atoms with Gasteiger partial charge in [0.05, 0.1) is 11.7 Å². The fourth-order valence-electron chi connectivity index (χ4n) is 2.40. The van der Waals surface area contributed by atoms with E-state index in [1.807, 2.05) is 13.8 Å². The van der Waals surface area contributed by atoms with Crippen molar-refractivity contribution in [2.75, 3.05) is 13.6 Å². The Bertz CT molecular complexity index is 527. The average Bonchev–Trinajstić information content (AvgIpc) is 3.18. The zero-order valence-corrected chi connectivity index (χ0v) is 13.2. The predicted molar refractivity (Wildman–Crippen MR) is 77.7 cm³/mol. The van der Waals surface area contributed by atoms with Crippen molar-refractivity contribution in [3.8, 4) is 0 Å². The van der Waals surface area contributed by atoms with Gasteiger partial charge in [-0.1, -0.05) is 13.8 Å². The number of aliphatic hydroxyl groups is 1. The van der Waals surface area contributed by atoms with Crippen molar-refractivity contribution in [3.63, 3.8) is 0 Å². The second kappa shape index (κ2) is 6.73. The number of hydrogen-bond acceptors (Lipinski definition) is 3. The van der Waals surface area contributed by atoms with Crippen molar-refractivity contribution in [1.82, 2.24) is 14.7 Å². The van der Waals surface area contributed by atoms with Gasteiger partial charge in [-0.05, 0) is 24.7 Å². The van der Waals surface area contributed by atoms with E-state index in [2.05, 4.69) is 5.10 Å². The van der Waals surface area contributed by atoms with Gasteiger partial charge < -0.3 is 10.0 Å². The van der Waals surface area contributed by atoms with Gasteiger partial charge in [-0.3, -0.25) is 9.48 Å². The summed E-state index contributed by atoms with van der Waals surface area (Å²) < 4.78 is 27.7. The molecule has 0 saturated heterocycles. The molecule has 22 heavy (non-hydrogen) atoms. The molecule has 2 rings (SSSR count). The Morgan fingerprint density at radius 1 is 1.50 bits per heavy atom. The summed E-state index contributed by atoms with van der Waals surface area (Å²) in [5.74, 6) is -0.108. The molecular weight excluding hydrogens is 292 g/mol. The molecule has 1 atom stereocenters. The van der Waals surface area contributed by atoms with Crippen LogP contribution in [0.1, 0.15) is 49.2 Å². The minimum Gasteiger partial charge on any atom is -0.391 e. The van der Waals surface area contributed by atoms with Gasteiger partial charge in [0.15, 0.2) is 5.69 Å². The van der Waals surface area contributed by atoms with Crippen LogP contribution >= 0.6 is 0 Å². The normalized spacial score (nSPS) is 16.4. The minimum absolute atomic E-state index is 0.142. The fraction of sp³-hybridized carbons (Fsp3) is 0.733. The molecule has 1 amide bonds. The molecule has 1 heterocycles. The molecule has 1 aromatic heterocycles. The summed E-state index contributed by atoms with van der Waals surface area (Å²) in [7, 11) is 1.50. The SMILES string of the molecule is CC(C)Cn1cc(C(F)F)c(C(=O)N(C)CC(O)C2CC2)n1. The number of amides is 1. The summed E-state index contributed by atoms with van der Waals surface area (Å²) in [6.45, 7) is 4.51. The van der Waals surface area contributed by atoms with Crippen LogP contribution in [-0.4, -0.2) is 45.4 Å². The van der Waals surface area contributed by atoms with E-state index in [0.717, 1.165) is 12.8 Å². The second-order valence-electron chi connectivity index (χ2n) is 6.44. The molecule has 0 aliphatic heterocycles. The van der Waals surface area contributed by atoms with Gasteiger partial charge in [0.25, 0.3) is 12.3 Å². The van der Waals surface area contributed by atoms with Crippen LogP contribution in [-0.2, 0) is 6.54 Å². The number of alkyl halides is 2. The highest BCUT2D eigenvalue weighted by Gasteiger charge is 2.32. The van der Waals surface area contributed by atoms with E-state index in [4.69, 9.17) is 0 Å². The monoisotopic (exact) mass is 315 g/mol. The third kappa shape index (κ3) is 4.03. The van der Waals surface area contributed by atoms with E-state index >= 15 is 0 Å². The lowest BCUT2D eigenvalue weighted by atomic mass is 10.2. The maximum absolute atomic E-state index is 13.1. The van der Waals surface area contributed by atoms with Crippen molar-refractivity contribution in [3.05, 3.63) is 17.5 Å². The first-order valence-corrected chi connectivity index (χ1v) is 7.58. The number of aromatic nitrogens is 2. The maximum atomic E-state index is 13.1. The number of aliphatic hydroxyl groups excluding tert-OH is 1. The lowest BCUT2D eigenvalue weighted by Crippen LogP contribution is -2.36. The van der Waals surface area contributed by atoms with Crippen LogP contribution in [0.25, 0.3) is 0 Å². The zero-order valence-electron chi connectivity index (χ0n) is 13.2. The van der Waals surface area contributed by atoms with Crippen LogP contribution in [0.15, 0.2) is 6.20 Å². The van der Waals surface area contributed by atoms with Crippen molar-refractivity contribution in [1.29, 1.82) is 0 Å². The minimum atomic E-state index is -2.75. The van der Waals surface area contributed by atoms with E-state index in [9.17, 15) is 18.7 Å². The van der Waals surface area contributed by atoms with Crippen LogP contribution in [0.5, 0.6) is 0 Å². The molecular formula is C15H23F2N3O2. The highest BCUT2D eigenvalue weighted by atomic mass is 19.3. The molecule has 0 bridgehead atoms. The summed E-state index contributed by atoms with van der Waals surface area (Å²) in [5.41, 5.74) is -0.570. The van der Waals surface area contributed by atoms with E-state index in [1.165, 1.54) is 22.8 Å². The van der Waals surface area contributed by atoms with E-state index in [1.54, 1.807) is 0 Å². The maximum Gasteiger partial charge on any atom is 0.274 e. The number of halogens is 2. The predicted octanol–water partition coefficient (Wildman–Crippen LogP) is 2.32. The molecule has 5 nitrogen and oxygen atoms in total. The number of carbonyl (C=O) groups is 1. The van der Waals surface area contributed by atoms with Gasteiger partial charge in [0.2, 0.25) is 0 Å². The lowest BCUT2D eigenvalue weighted by Gasteiger charge is -2.20. The standard InChI is InChI=1S/C15H23F2N3O2/c1-9(2)6-20-7-11(14(16)17)13(18-20)15(22)19(3)8-12(21)10-4-5-10/h7,9-10,12,14,21H,4-6,8H2,1-3H3. The van der Waals surface area contributed by atoms with Gasteiger partial charge >= 0.3 is 0 Å². The van der Waals surface area contributed by atoms with Gasteiger partial charge in [-0.25, -0.2) is 8.78 Å². The smallest absolute Gasteiger partial charge is 0.274 e. The van der Waals surface area contributed by atoms with Crippen LogP contribution in [0.3, 0.4) is 0 Å². The molecule has 1 aliphatic rings. The lowest BCUT2D eigenvalue weighted by molar-refractivity contribution is 0.0630. The van der Waals surface area contributed by atoms with Gasteiger partial charge in [0, 0.05) is 26.3 Å². The van der Waals surface area contributed by atoms with Crippen LogP contribution in [0.2, 0.25) is 0 Å². The van der Waals surface area contributed by atoms with Crippen LogP contribution < -0.4 is 0 Å². The molecule has 0 radical (unpaired) electrons. The summed E-state index contributed by atoms with van der Waals surface area (Å²) in [6.07, 6.45) is -0.199. The quantitative estimate of drug-likeness (QED) is 0.840. The van der Waals surface area contributed by atoms with E-state index in [0.29, 0.717) is 6.54 Å². The molecule has 1 aliphatic carbocycles. The Balaban J connectivity index is 2.13. The number of hydrogen-bond donors (Lipinski definition) is 1. The van der Waals surface area contributed by atoms with Gasteiger partial charge in [-0.2, -0.15) is 5.10 Å². The Hall–Kier alpha value is -1.50. The summed E-state index contributed by atoms with van der Waals surface area (Å²) in [4.78, 5) is 13.6. The molecule has 1 saturated carbocycles. The summed E-state index contributed by atoms with van der Waals surface area (Å²) in [6, 6.07) is 0. The Labute approximate surface area is 128 Å². The number of likely N-dealkylation sites (N-methyl/N-ethyl adjacent to an activating group) is 1. The highest BCUT2D eigenvalue weighted by Crippen LogP contribution is 2.33. The largest absolute Gasteiger partial charge is 0.391 e. The number of nitrogens with zero attached hydrogens (tertiary/aromatic N) is 3. The molecule has 0 spiro atoms.